The third-order valence-corrected chi connectivity index (χ3v) is 3.47. The molecule has 0 aromatic heterocycles. The zero-order valence-corrected chi connectivity index (χ0v) is 10.8. The van der Waals surface area contributed by atoms with Gasteiger partial charge < -0.3 is 20.3 Å². The van der Waals surface area contributed by atoms with Crippen molar-refractivity contribution in [2.75, 3.05) is 44.9 Å². The van der Waals surface area contributed by atoms with Crippen molar-refractivity contribution in [2.24, 2.45) is 0 Å². The number of likely N-dealkylation sites (N-methyl/N-ethyl adjacent to an activating group) is 1. The second-order valence-electron chi connectivity index (χ2n) is 4.78. The predicted octanol–water partition coefficient (Wildman–Crippen LogP) is 1.42. The summed E-state index contributed by atoms with van der Waals surface area (Å²) >= 11 is 0. The highest BCUT2D eigenvalue weighted by Crippen LogP contribution is 2.29. The number of nitrogens with zero attached hydrogens (tertiary/aromatic N) is 2. The third kappa shape index (κ3) is 2.47. The summed E-state index contributed by atoms with van der Waals surface area (Å²) in [7, 11) is 5.91. The molecule has 1 atom stereocenters. The van der Waals surface area contributed by atoms with Gasteiger partial charge in [-0.05, 0) is 38.7 Å². The van der Waals surface area contributed by atoms with Crippen LogP contribution in [0.15, 0.2) is 18.2 Å². The highest BCUT2D eigenvalue weighted by molar-refractivity contribution is 5.63. The van der Waals surface area contributed by atoms with Gasteiger partial charge in [-0.2, -0.15) is 0 Å². The molecule has 1 aliphatic rings. The van der Waals surface area contributed by atoms with Gasteiger partial charge in [-0.25, -0.2) is 0 Å². The largest absolute Gasteiger partial charge is 0.495 e. The molecule has 0 radical (unpaired) electrons. The van der Waals surface area contributed by atoms with E-state index < -0.39 is 0 Å². The second kappa shape index (κ2) is 4.84. The van der Waals surface area contributed by atoms with Gasteiger partial charge in [0.15, 0.2) is 0 Å². The molecule has 17 heavy (non-hydrogen) atoms. The minimum Gasteiger partial charge on any atom is -0.495 e. The standard InChI is InChI=1S/C13H21N3O/c1-15(2)11-6-7-16(9-11)10-4-5-13(17-3)12(14)8-10/h4-5,8,11H,6-7,9,14H2,1-3H3. The Bertz CT molecular complexity index is 392. The van der Waals surface area contributed by atoms with Gasteiger partial charge in [0.1, 0.15) is 5.75 Å². The van der Waals surface area contributed by atoms with Crippen molar-refractivity contribution < 1.29 is 4.74 Å². The van der Waals surface area contributed by atoms with Crippen LogP contribution < -0.4 is 15.4 Å². The first-order chi connectivity index (χ1) is 8.11. The van der Waals surface area contributed by atoms with Gasteiger partial charge in [-0.1, -0.05) is 0 Å². The molecule has 1 heterocycles. The molecule has 1 unspecified atom stereocenters. The predicted molar refractivity (Wildman–Crippen MR) is 71.7 cm³/mol. The van der Waals surface area contributed by atoms with Gasteiger partial charge in [0.2, 0.25) is 0 Å². The first-order valence-electron chi connectivity index (χ1n) is 5.96. The van der Waals surface area contributed by atoms with Crippen molar-refractivity contribution in [3.05, 3.63) is 18.2 Å². The van der Waals surface area contributed by atoms with E-state index in [1.54, 1.807) is 7.11 Å². The van der Waals surface area contributed by atoms with Crippen molar-refractivity contribution >= 4 is 11.4 Å². The van der Waals surface area contributed by atoms with E-state index >= 15 is 0 Å². The quantitative estimate of drug-likeness (QED) is 0.805. The van der Waals surface area contributed by atoms with E-state index in [-0.39, 0.29) is 0 Å². The smallest absolute Gasteiger partial charge is 0.141 e. The number of hydrogen-bond donors (Lipinski definition) is 1. The van der Waals surface area contributed by atoms with E-state index in [0.29, 0.717) is 11.7 Å². The number of rotatable bonds is 3. The van der Waals surface area contributed by atoms with Crippen LogP contribution in [-0.4, -0.2) is 45.2 Å². The van der Waals surface area contributed by atoms with Crippen LogP contribution in [0.3, 0.4) is 0 Å². The van der Waals surface area contributed by atoms with Crippen LogP contribution in [0, 0.1) is 0 Å². The molecule has 4 nitrogen and oxygen atoms in total. The maximum absolute atomic E-state index is 5.93. The van der Waals surface area contributed by atoms with E-state index in [1.165, 1.54) is 12.1 Å². The molecule has 1 saturated heterocycles. The summed E-state index contributed by atoms with van der Waals surface area (Å²) in [5.41, 5.74) is 7.83. The molecule has 94 valence electrons. The van der Waals surface area contributed by atoms with E-state index in [2.05, 4.69) is 30.0 Å². The summed E-state index contributed by atoms with van der Waals surface area (Å²) in [4.78, 5) is 4.66. The normalized spacial score (nSPS) is 20.0. The molecular formula is C13H21N3O. The maximum Gasteiger partial charge on any atom is 0.141 e. The number of nitrogen functional groups attached to an aromatic ring is 1. The lowest BCUT2D eigenvalue weighted by molar-refractivity contribution is 0.315. The zero-order chi connectivity index (χ0) is 12.4. The number of nitrogens with two attached hydrogens (primary N) is 1. The van der Waals surface area contributed by atoms with Crippen LogP contribution in [0.4, 0.5) is 11.4 Å². The molecule has 0 aliphatic carbocycles. The Morgan fingerprint density at radius 3 is 2.71 bits per heavy atom. The van der Waals surface area contributed by atoms with E-state index in [9.17, 15) is 0 Å². The molecule has 2 rings (SSSR count). The first-order valence-corrected chi connectivity index (χ1v) is 5.96. The van der Waals surface area contributed by atoms with Crippen molar-refractivity contribution in [3.8, 4) is 5.75 Å². The summed E-state index contributed by atoms with van der Waals surface area (Å²) < 4.78 is 5.17. The topological polar surface area (TPSA) is 41.7 Å². The number of hydrogen-bond acceptors (Lipinski definition) is 4. The number of ether oxygens (including phenoxy) is 1. The number of methoxy groups -OCH3 is 1. The minimum absolute atomic E-state index is 0.637. The molecule has 0 amide bonds. The average molecular weight is 235 g/mol. The van der Waals surface area contributed by atoms with Crippen LogP contribution in [0.25, 0.3) is 0 Å². The molecule has 1 aromatic rings. The van der Waals surface area contributed by atoms with Crippen LogP contribution in [0.1, 0.15) is 6.42 Å². The Morgan fingerprint density at radius 1 is 1.41 bits per heavy atom. The average Bonchev–Trinajstić information content (AvgIpc) is 2.78. The SMILES string of the molecule is COc1ccc(N2CCC(N(C)C)C2)cc1N. The van der Waals surface area contributed by atoms with Crippen molar-refractivity contribution in [1.82, 2.24) is 4.90 Å². The molecule has 0 saturated carbocycles. The minimum atomic E-state index is 0.637. The fourth-order valence-corrected chi connectivity index (χ4v) is 2.32. The lowest BCUT2D eigenvalue weighted by Gasteiger charge is -2.22. The molecule has 0 bridgehead atoms. The molecule has 1 aromatic carbocycles. The number of anilines is 2. The van der Waals surface area contributed by atoms with Crippen molar-refractivity contribution in [3.63, 3.8) is 0 Å². The molecule has 4 heteroatoms. The zero-order valence-electron chi connectivity index (χ0n) is 10.8. The van der Waals surface area contributed by atoms with Gasteiger partial charge in [-0.3, -0.25) is 0 Å². The summed E-state index contributed by atoms with van der Waals surface area (Å²) in [5, 5.41) is 0. The molecule has 2 N–H and O–H groups in total. The molecule has 1 aliphatic heterocycles. The Morgan fingerprint density at radius 2 is 2.18 bits per heavy atom. The summed E-state index contributed by atoms with van der Waals surface area (Å²) in [6.07, 6.45) is 1.21. The molecular weight excluding hydrogens is 214 g/mol. The molecule has 0 spiro atoms. The number of benzene rings is 1. The van der Waals surface area contributed by atoms with Crippen LogP contribution >= 0.6 is 0 Å². The van der Waals surface area contributed by atoms with Gasteiger partial charge in [-0.15, -0.1) is 0 Å². The van der Waals surface area contributed by atoms with E-state index in [4.69, 9.17) is 10.5 Å². The fraction of sp³-hybridized carbons (Fsp3) is 0.538. The third-order valence-electron chi connectivity index (χ3n) is 3.47. The Kier molecular flexibility index (Phi) is 3.43. The van der Waals surface area contributed by atoms with E-state index in [1.807, 2.05) is 12.1 Å². The summed E-state index contributed by atoms with van der Waals surface area (Å²) in [6, 6.07) is 6.65. The fourth-order valence-electron chi connectivity index (χ4n) is 2.32. The lowest BCUT2D eigenvalue weighted by atomic mass is 10.2. The Hall–Kier alpha value is -1.42. The highest BCUT2D eigenvalue weighted by atomic mass is 16.5. The van der Waals surface area contributed by atoms with Gasteiger partial charge in [0.25, 0.3) is 0 Å². The maximum atomic E-state index is 5.93. The second-order valence-corrected chi connectivity index (χ2v) is 4.78. The van der Waals surface area contributed by atoms with Gasteiger partial charge in [0.05, 0.1) is 12.8 Å². The van der Waals surface area contributed by atoms with Crippen LogP contribution in [0.2, 0.25) is 0 Å². The van der Waals surface area contributed by atoms with Gasteiger partial charge >= 0.3 is 0 Å². The Balaban J connectivity index is 2.11. The summed E-state index contributed by atoms with van der Waals surface area (Å²) in [5.74, 6) is 0.747. The lowest BCUT2D eigenvalue weighted by Crippen LogP contribution is -2.31. The first kappa shape index (κ1) is 12.0. The Labute approximate surface area is 103 Å². The summed E-state index contributed by atoms with van der Waals surface area (Å²) in [6.45, 7) is 2.16. The monoisotopic (exact) mass is 235 g/mol. The van der Waals surface area contributed by atoms with E-state index in [0.717, 1.165) is 18.8 Å². The molecule has 1 fully saturated rings. The van der Waals surface area contributed by atoms with Crippen molar-refractivity contribution in [1.29, 1.82) is 0 Å². The van der Waals surface area contributed by atoms with Crippen molar-refractivity contribution in [2.45, 2.75) is 12.5 Å². The van der Waals surface area contributed by atoms with Gasteiger partial charge in [0, 0.05) is 24.8 Å². The highest BCUT2D eigenvalue weighted by Gasteiger charge is 2.24. The van der Waals surface area contributed by atoms with Crippen LogP contribution in [-0.2, 0) is 0 Å². The van der Waals surface area contributed by atoms with Crippen LogP contribution in [0.5, 0.6) is 5.75 Å².